The van der Waals surface area contributed by atoms with Crippen molar-refractivity contribution in [2.45, 2.75) is 38.5 Å². The molecule has 0 saturated carbocycles. The molecule has 1 aromatic carbocycles. The number of nitrogens with zero attached hydrogens (tertiary/aromatic N) is 4. The maximum atomic E-state index is 12.3. The molecule has 0 spiro atoms. The van der Waals surface area contributed by atoms with Crippen LogP contribution in [-0.2, 0) is 16.6 Å². The first-order valence-corrected chi connectivity index (χ1v) is 11.1. The Hall–Kier alpha value is -2.52. The van der Waals surface area contributed by atoms with Gasteiger partial charge in [-0.2, -0.15) is 12.7 Å². The topological polar surface area (TPSA) is 92.6 Å². The zero-order chi connectivity index (χ0) is 21.0. The third-order valence-corrected chi connectivity index (χ3v) is 6.83. The van der Waals surface area contributed by atoms with Gasteiger partial charge in [0.15, 0.2) is 0 Å². The summed E-state index contributed by atoms with van der Waals surface area (Å²) >= 11 is 0. The molecule has 0 aliphatic carbocycles. The number of fused-ring (bicyclic) bond motifs is 1. The van der Waals surface area contributed by atoms with Gasteiger partial charge in [-0.15, -0.1) is 0 Å². The number of unbranched alkanes of at least 4 members (excludes halogenated alkanes) is 4. The predicted molar refractivity (Wildman–Crippen MR) is 109 cm³/mol. The highest BCUT2D eigenvalue weighted by molar-refractivity contribution is 7.87. The van der Waals surface area contributed by atoms with E-state index in [-0.39, 0.29) is 11.8 Å². The van der Waals surface area contributed by atoms with Crippen LogP contribution in [-0.4, -0.2) is 59.0 Å². The average Bonchev–Trinajstić information content (AvgIpc) is 3.26. The van der Waals surface area contributed by atoms with E-state index in [2.05, 4.69) is 4.98 Å². The van der Waals surface area contributed by atoms with Crippen LogP contribution in [0, 0.1) is 0 Å². The van der Waals surface area contributed by atoms with E-state index in [0.29, 0.717) is 29.8 Å². The first-order chi connectivity index (χ1) is 13.8. The molecule has 0 unspecified atom stereocenters. The number of aryl methyl sites for hydroxylation is 1. The van der Waals surface area contributed by atoms with Crippen molar-refractivity contribution >= 4 is 22.0 Å². The molecule has 1 aliphatic heterocycles. The standard InChI is InChI=1S/C20H26N4O4S/c1-22(2)29(27,28)24-15-21-14-16(24)10-6-4-3-5-9-13-23-19(25)17-11-7-8-12-18(17)20(23)26/h7-8,11-12,14-15H,3-6,9-10,13H2,1-2H3. The molecule has 29 heavy (non-hydrogen) atoms. The first kappa shape index (κ1) is 21.2. The number of hydrogen-bond donors (Lipinski definition) is 0. The average molecular weight is 419 g/mol. The Balaban J connectivity index is 1.39. The van der Waals surface area contributed by atoms with Crippen molar-refractivity contribution in [2.24, 2.45) is 0 Å². The van der Waals surface area contributed by atoms with Crippen molar-refractivity contribution in [2.75, 3.05) is 20.6 Å². The van der Waals surface area contributed by atoms with Crippen LogP contribution in [0.2, 0.25) is 0 Å². The van der Waals surface area contributed by atoms with Crippen molar-refractivity contribution < 1.29 is 18.0 Å². The Morgan fingerprint density at radius 2 is 1.52 bits per heavy atom. The quantitative estimate of drug-likeness (QED) is 0.436. The minimum atomic E-state index is -3.54. The molecule has 3 rings (SSSR count). The molecule has 2 aromatic rings. The van der Waals surface area contributed by atoms with E-state index >= 15 is 0 Å². The largest absolute Gasteiger partial charge is 0.308 e. The lowest BCUT2D eigenvalue weighted by Crippen LogP contribution is -2.30. The summed E-state index contributed by atoms with van der Waals surface area (Å²) in [6.45, 7) is 0.431. The van der Waals surface area contributed by atoms with E-state index in [9.17, 15) is 18.0 Å². The molecule has 156 valence electrons. The number of amides is 2. The summed E-state index contributed by atoms with van der Waals surface area (Å²) < 4.78 is 26.9. The highest BCUT2D eigenvalue weighted by Crippen LogP contribution is 2.23. The number of imide groups is 1. The van der Waals surface area contributed by atoms with Gasteiger partial charge in [-0.05, 0) is 31.4 Å². The van der Waals surface area contributed by atoms with Crippen molar-refractivity contribution in [3.63, 3.8) is 0 Å². The van der Waals surface area contributed by atoms with Crippen LogP contribution < -0.4 is 0 Å². The van der Waals surface area contributed by atoms with Gasteiger partial charge in [-0.25, -0.2) is 8.96 Å². The number of carbonyl (C=O) groups is 2. The van der Waals surface area contributed by atoms with Gasteiger partial charge in [-0.1, -0.05) is 31.4 Å². The highest BCUT2D eigenvalue weighted by atomic mass is 32.2. The second-order valence-electron chi connectivity index (χ2n) is 7.30. The second kappa shape index (κ2) is 8.87. The number of benzene rings is 1. The van der Waals surface area contributed by atoms with Gasteiger partial charge in [-0.3, -0.25) is 14.5 Å². The van der Waals surface area contributed by atoms with Gasteiger partial charge >= 0.3 is 10.2 Å². The normalized spacial score (nSPS) is 14.1. The lowest BCUT2D eigenvalue weighted by atomic mass is 10.1. The van der Waals surface area contributed by atoms with E-state index in [1.54, 1.807) is 30.5 Å². The fourth-order valence-electron chi connectivity index (χ4n) is 3.42. The van der Waals surface area contributed by atoms with Crippen LogP contribution >= 0.6 is 0 Å². The Kier molecular flexibility index (Phi) is 6.49. The minimum Gasteiger partial charge on any atom is -0.274 e. The van der Waals surface area contributed by atoms with Gasteiger partial charge in [0.05, 0.1) is 16.8 Å². The summed E-state index contributed by atoms with van der Waals surface area (Å²) in [5.74, 6) is -0.415. The first-order valence-electron chi connectivity index (χ1n) is 9.73. The molecule has 1 aromatic heterocycles. The fourth-order valence-corrected chi connectivity index (χ4v) is 4.38. The number of aromatic nitrogens is 2. The van der Waals surface area contributed by atoms with Crippen LogP contribution in [0.4, 0.5) is 0 Å². The van der Waals surface area contributed by atoms with E-state index in [1.165, 1.54) is 29.3 Å². The van der Waals surface area contributed by atoms with Crippen LogP contribution in [0.1, 0.15) is 58.5 Å². The summed E-state index contributed by atoms with van der Waals surface area (Å²) in [7, 11) is -0.553. The maximum Gasteiger partial charge on any atom is 0.308 e. The summed E-state index contributed by atoms with van der Waals surface area (Å²) in [5, 5.41) is 0. The zero-order valence-electron chi connectivity index (χ0n) is 16.7. The predicted octanol–water partition coefficient (Wildman–Crippen LogP) is 2.33. The molecule has 0 radical (unpaired) electrons. The van der Waals surface area contributed by atoms with Gasteiger partial charge in [0.2, 0.25) is 0 Å². The van der Waals surface area contributed by atoms with E-state index in [1.807, 2.05) is 0 Å². The highest BCUT2D eigenvalue weighted by Gasteiger charge is 2.34. The van der Waals surface area contributed by atoms with Crippen molar-refractivity contribution in [1.29, 1.82) is 0 Å². The van der Waals surface area contributed by atoms with Gasteiger partial charge in [0.25, 0.3) is 11.8 Å². The fraction of sp³-hybridized carbons (Fsp3) is 0.450. The third-order valence-electron chi connectivity index (χ3n) is 5.08. The van der Waals surface area contributed by atoms with Crippen LogP contribution in [0.3, 0.4) is 0 Å². The molecular formula is C20H26N4O4S. The maximum absolute atomic E-state index is 12.3. The Morgan fingerprint density at radius 1 is 0.931 bits per heavy atom. The smallest absolute Gasteiger partial charge is 0.274 e. The zero-order valence-corrected chi connectivity index (χ0v) is 17.6. The lowest BCUT2D eigenvalue weighted by molar-refractivity contribution is 0.0651. The molecule has 1 aliphatic rings. The summed E-state index contributed by atoms with van der Waals surface area (Å²) in [4.78, 5) is 29.9. The van der Waals surface area contributed by atoms with Crippen molar-refractivity contribution in [1.82, 2.24) is 18.2 Å². The third kappa shape index (κ3) is 4.40. The molecule has 0 atom stereocenters. The second-order valence-corrected chi connectivity index (χ2v) is 9.32. The summed E-state index contributed by atoms with van der Waals surface area (Å²) in [6.07, 6.45) is 7.96. The van der Waals surface area contributed by atoms with Gasteiger partial charge in [0.1, 0.15) is 6.33 Å². The number of rotatable bonds is 10. The Bertz CT molecular complexity index is 962. The molecule has 9 heteroatoms. The molecule has 0 saturated heterocycles. The molecule has 2 amide bonds. The molecule has 2 heterocycles. The Labute approximate surface area is 171 Å². The molecule has 0 bridgehead atoms. The van der Waals surface area contributed by atoms with Crippen LogP contribution in [0.15, 0.2) is 36.8 Å². The summed E-state index contributed by atoms with van der Waals surface area (Å²) in [5.41, 5.74) is 1.65. The van der Waals surface area contributed by atoms with Gasteiger partial charge in [0, 0.05) is 26.8 Å². The molecule has 8 nitrogen and oxygen atoms in total. The number of imidazole rings is 1. The molecule has 0 N–H and O–H groups in total. The number of hydrogen-bond acceptors (Lipinski definition) is 5. The summed E-state index contributed by atoms with van der Waals surface area (Å²) in [6, 6.07) is 6.92. The minimum absolute atomic E-state index is 0.207. The molecular weight excluding hydrogens is 392 g/mol. The van der Waals surface area contributed by atoms with Gasteiger partial charge < -0.3 is 0 Å². The molecule has 0 fully saturated rings. The van der Waals surface area contributed by atoms with Crippen LogP contribution in [0.25, 0.3) is 0 Å². The van der Waals surface area contributed by atoms with E-state index < -0.39 is 10.2 Å². The Morgan fingerprint density at radius 3 is 2.14 bits per heavy atom. The monoisotopic (exact) mass is 418 g/mol. The lowest BCUT2D eigenvalue weighted by Gasteiger charge is -2.14. The SMILES string of the molecule is CN(C)S(=O)(=O)n1cncc1CCCCCCCN1C(=O)c2ccccc2C1=O. The van der Waals surface area contributed by atoms with E-state index in [0.717, 1.165) is 36.4 Å². The number of carbonyl (C=O) groups excluding carboxylic acids is 2. The van der Waals surface area contributed by atoms with Crippen molar-refractivity contribution in [3.8, 4) is 0 Å². The van der Waals surface area contributed by atoms with E-state index in [4.69, 9.17) is 0 Å². The van der Waals surface area contributed by atoms with Crippen LogP contribution in [0.5, 0.6) is 0 Å². The van der Waals surface area contributed by atoms with Crippen molar-refractivity contribution in [3.05, 3.63) is 53.6 Å².